The average molecular weight is 329 g/mol. The summed E-state index contributed by atoms with van der Waals surface area (Å²) in [6.07, 6.45) is 10.5. The Labute approximate surface area is 148 Å². The van der Waals surface area contributed by atoms with Gasteiger partial charge in [0.1, 0.15) is 0 Å². The van der Waals surface area contributed by atoms with Crippen LogP contribution in [0.15, 0.2) is 24.3 Å². The maximum atomic E-state index is 6.05. The van der Waals surface area contributed by atoms with Crippen molar-refractivity contribution < 1.29 is 0 Å². The first kappa shape index (κ1) is 17.8. The van der Waals surface area contributed by atoms with E-state index < -0.39 is 0 Å². The van der Waals surface area contributed by atoms with Gasteiger partial charge < -0.3 is 11.1 Å². The highest BCUT2D eigenvalue weighted by Gasteiger charge is 2.27. The molecule has 0 spiro atoms. The van der Waals surface area contributed by atoms with Crippen molar-refractivity contribution in [3.05, 3.63) is 29.8 Å². The van der Waals surface area contributed by atoms with E-state index in [2.05, 4.69) is 50.4 Å². The summed E-state index contributed by atoms with van der Waals surface area (Å²) in [5, 5.41) is 3.74. The Kier molecular flexibility index (Phi) is 5.54. The van der Waals surface area contributed by atoms with Crippen molar-refractivity contribution in [3.8, 4) is 0 Å². The minimum absolute atomic E-state index is 0.353. The van der Waals surface area contributed by atoms with Gasteiger partial charge in [0.15, 0.2) is 0 Å². The molecule has 2 saturated carbocycles. The lowest BCUT2D eigenvalue weighted by molar-refractivity contribution is 0.224. The molecule has 2 aliphatic rings. The monoisotopic (exact) mass is 328 g/mol. The fraction of sp³-hybridized carbons (Fsp3) is 0.727. The number of rotatable bonds is 4. The van der Waals surface area contributed by atoms with Gasteiger partial charge in [-0.2, -0.15) is 0 Å². The zero-order valence-corrected chi connectivity index (χ0v) is 15.9. The minimum atomic E-state index is 0.353. The highest BCUT2D eigenvalue weighted by Crippen LogP contribution is 2.42. The van der Waals surface area contributed by atoms with Crippen LogP contribution >= 0.6 is 0 Å². The second-order valence-electron chi connectivity index (χ2n) is 9.18. The van der Waals surface area contributed by atoms with Gasteiger partial charge in [-0.1, -0.05) is 26.0 Å². The Hall–Kier alpha value is -1.02. The highest BCUT2D eigenvalue weighted by atomic mass is 14.9. The van der Waals surface area contributed by atoms with Crippen LogP contribution in [0.1, 0.15) is 83.6 Å². The van der Waals surface area contributed by atoms with Gasteiger partial charge >= 0.3 is 0 Å². The zero-order valence-electron chi connectivity index (χ0n) is 15.9. The van der Waals surface area contributed by atoms with Gasteiger partial charge in [0, 0.05) is 17.8 Å². The Balaban J connectivity index is 1.50. The highest BCUT2D eigenvalue weighted by molar-refractivity contribution is 5.46. The first-order valence-electron chi connectivity index (χ1n) is 10.0. The molecule has 2 fully saturated rings. The van der Waals surface area contributed by atoms with Gasteiger partial charge in [0.25, 0.3) is 0 Å². The van der Waals surface area contributed by atoms with E-state index in [9.17, 15) is 0 Å². The van der Waals surface area contributed by atoms with E-state index in [-0.39, 0.29) is 0 Å². The van der Waals surface area contributed by atoms with Crippen LogP contribution in [-0.4, -0.2) is 12.1 Å². The van der Waals surface area contributed by atoms with E-state index in [0.29, 0.717) is 17.5 Å². The molecule has 1 atom stereocenters. The zero-order chi connectivity index (χ0) is 17.2. The lowest BCUT2D eigenvalue weighted by Gasteiger charge is -2.34. The fourth-order valence-corrected chi connectivity index (χ4v) is 4.61. The van der Waals surface area contributed by atoms with Crippen LogP contribution < -0.4 is 11.1 Å². The van der Waals surface area contributed by atoms with Crippen molar-refractivity contribution in [3.63, 3.8) is 0 Å². The molecule has 134 valence electrons. The standard InChI is InChI=1S/C22H36N2/c1-16(23)17-4-8-20(9-5-17)24-21-10-6-18(7-11-21)19-12-14-22(2,3)15-13-19/h6-7,10-11,16-17,19-20,24H,4-5,8-9,12-15,23H2,1-3H3. The summed E-state index contributed by atoms with van der Waals surface area (Å²) in [4.78, 5) is 0. The van der Waals surface area contributed by atoms with E-state index in [0.717, 1.165) is 11.8 Å². The van der Waals surface area contributed by atoms with Crippen molar-refractivity contribution in [2.24, 2.45) is 17.1 Å². The predicted molar refractivity (Wildman–Crippen MR) is 104 cm³/mol. The Bertz CT molecular complexity index is 499. The van der Waals surface area contributed by atoms with Crippen LogP contribution in [0.5, 0.6) is 0 Å². The summed E-state index contributed by atoms with van der Waals surface area (Å²) in [5.41, 5.74) is 9.43. The molecule has 1 aromatic rings. The van der Waals surface area contributed by atoms with Crippen molar-refractivity contribution in [1.29, 1.82) is 0 Å². The van der Waals surface area contributed by atoms with Gasteiger partial charge in [-0.3, -0.25) is 0 Å². The lowest BCUT2D eigenvalue weighted by Crippen LogP contribution is -2.34. The second-order valence-corrected chi connectivity index (χ2v) is 9.18. The number of benzene rings is 1. The number of nitrogens with one attached hydrogen (secondary N) is 1. The molecule has 1 unspecified atom stereocenters. The quantitative estimate of drug-likeness (QED) is 0.745. The van der Waals surface area contributed by atoms with Crippen LogP contribution in [-0.2, 0) is 0 Å². The summed E-state index contributed by atoms with van der Waals surface area (Å²) >= 11 is 0. The third-order valence-electron chi connectivity index (χ3n) is 6.61. The normalized spacial score (nSPS) is 29.2. The van der Waals surface area contributed by atoms with Crippen LogP contribution in [0.3, 0.4) is 0 Å². The lowest BCUT2D eigenvalue weighted by atomic mass is 9.71. The third kappa shape index (κ3) is 4.53. The van der Waals surface area contributed by atoms with Crippen molar-refractivity contribution in [1.82, 2.24) is 0 Å². The maximum Gasteiger partial charge on any atom is 0.0342 e. The SMILES string of the molecule is CC(N)C1CCC(Nc2ccc(C3CCC(C)(C)CC3)cc2)CC1. The molecular weight excluding hydrogens is 292 g/mol. The first-order valence-corrected chi connectivity index (χ1v) is 10.0. The Morgan fingerprint density at radius 3 is 2.08 bits per heavy atom. The minimum Gasteiger partial charge on any atom is -0.382 e. The molecule has 0 radical (unpaired) electrons. The topological polar surface area (TPSA) is 38.0 Å². The molecule has 0 amide bonds. The summed E-state index contributed by atoms with van der Waals surface area (Å²) in [7, 11) is 0. The summed E-state index contributed by atoms with van der Waals surface area (Å²) < 4.78 is 0. The van der Waals surface area contributed by atoms with Gasteiger partial charge in [0.2, 0.25) is 0 Å². The molecule has 1 aromatic carbocycles. The van der Waals surface area contributed by atoms with E-state index in [4.69, 9.17) is 5.73 Å². The van der Waals surface area contributed by atoms with Crippen LogP contribution in [0.4, 0.5) is 5.69 Å². The molecule has 2 heteroatoms. The van der Waals surface area contributed by atoms with Crippen LogP contribution in [0.2, 0.25) is 0 Å². The van der Waals surface area contributed by atoms with Gasteiger partial charge in [-0.05, 0) is 93.2 Å². The number of anilines is 1. The molecule has 0 aromatic heterocycles. The Morgan fingerprint density at radius 2 is 1.54 bits per heavy atom. The largest absolute Gasteiger partial charge is 0.382 e. The molecular formula is C22H36N2. The van der Waals surface area contributed by atoms with Crippen LogP contribution in [0, 0.1) is 11.3 Å². The fourth-order valence-electron chi connectivity index (χ4n) is 4.61. The molecule has 0 saturated heterocycles. The number of nitrogens with two attached hydrogens (primary N) is 1. The van der Waals surface area contributed by atoms with Crippen molar-refractivity contribution in [2.45, 2.75) is 90.1 Å². The smallest absolute Gasteiger partial charge is 0.0342 e. The average Bonchev–Trinajstić information content (AvgIpc) is 2.56. The van der Waals surface area contributed by atoms with Crippen LogP contribution in [0.25, 0.3) is 0 Å². The molecule has 3 N–H and O–H groups in total. The molecule has 0 bridgehead atoms. The van der Waals surface area contributed by atoms with E-state index >= 15 is 0 Å². The van der Waals surface area contributed by atoms with Crippen molar-refractivity contribution in [2.75, 3.05) is 5.32 Å². The Morgan fingerprint density at radius 1 is 0.958 bits per heavy atom. The van der Waals surface area contributed by atoms with E-state index in [1.165, 1.54) is 62.6 Å². The molecule has 2 aliphatic carbocycles. The van der Waals surface area contributed by atoms with E-state index in [1.54, 1.807) is 0 Å². The molecule has 2 nitrogen and oxygen atoms in total. The van der Waals surface area contributed by atoms with Gasteiger partial charge in [-0.15, -0.1) is 0 Å². The maximum absolute atomic E-state index is 6.05. The molecule has 0 aliphatic heterocycles. The summed E-state index contributed by atoms with van der Waals surface area (Å²) in [6, 6.07) is 10.3. The second kappa shape index (κ2) is 7.47. The molecule has 3 rings (SSSR count). The third-order valence-corrected chi connectivity index (χ3v) is 6.61. The molecule has 24 heavy (non-hydrogen) atoms. The summed E-state index contributed by atoms with van der Waals surface area (Å²) in [6.45, 7) is 6.98. The van der Waals surface area contributed by atoms with E-state index in [1.807, 2.05) is 0 Å². The number of hydrogen-bond acceptors (Lipinski definition) is 2. The van der Waals surface area contributed by atoms with Gasteiger partial charge in [-0.25, -0.2) is 0 Å². The molecule has 0 heterocycles. The summed E-state index contributed by atoms with van der Waals surface area (Å²) in [5.74, 6) is 1.49. The first-order chi connectivity index (χ1) is 11.4. The predicted octanol–water partition coefficient (Wildman–Crippen LogP) is 5.69. The van der Waals surface area contributed by atoms with Gasteiger partial charge in [0.05, 0.1) is 0 Å². The number of hydrogen-bond donors (Lipinski definition) is 2. The van der Waals surface area contributed by atoms with Crippen molar-refractivity contribution >= 4 is 5.69 Å².